The fourth-order valence-corrected chi connectivity index (χ4v) is 1.55. The summed E-state index contributed by atoms with van der Waals surface area (Å²) in [6.45, 7) is 2.25. The Bertz CT molecular complexity index is 387. The van der Waals surface area contributed by atoms with Crippen LogP contribution < -0.4 is 9.47 Å². The number of ether oxygens (including phenoxy) is 3. The SMILES string of the molecule is CCCCC(=O)OCc1cc(OC)ccc1OC. The lowest BCUT2D eigenvalue weighted by Gasteiger charge is -2.11. The van der Waals surface area contributed by atoms with Crippen LogP contribution in [0.5, 0.6) is 11.5 Å². The maximum Gasteiger partial charge on any atom is 0.306 e. The Morgan fingerprint density at radius 1 is 1.22 bits per heavy atom. The Balaban J connectivity index is 2.62. The molecule has 0 aliphatic rings. The third-order valence-corrected chi connectivity index (χ3v) is 2.61. The van der Waals surface area contributed by atoms with Crippen LogP contribution in [0.4, 0.5) is 0 Å². The van der Waals surface area contributed by atoms with Gasteiger partial charge < -0.3 is 14.2 Å². The molecule has 1 aromatic rings. The second-order valence-electron chi connectivity index (χ2n) is 3.94. The summed E-state index contributed by atoms with van der Waals surface area (Å²) in [5, 5.41) is 0. The highest BCUT2D eigenvalue weighted by atomic mass is 16.5. The van der Waals surface area contributed by atoms with E-state index in [0.29, 0.717) is 12.2 Å². The zero-order valence-corrected chi connectivity index (χ0v) is 11.2. The maximum absolute atomic E-state index is 11.4. The standard InChI is InChI=1S/C14H20O4/c1-4-5-6-14(15)18-10-11-9-12(16-2)7-8-13(11)17-3/h7-9H,4-6,10H2,1-3H3. The van der Waals surface area contributed by atoms with E-state index in [1.807, 2.05) is 13.0 Å². The molecule has 0 aliphatic heterocycles. The zero-order valence-electron chi connectivity index (χ0n) is 11.2. The highest BCUT2D eigenvalue weighted by Gasteiger charge is 2.08. The lowest BCUT2D eigenvalue weighted by Crippen LogP contribution is -2.05. The molecule has 100 valence electrons. The van der Waals surface area contributed by atoms with Gasteiger partial charge in [-0.25, -0.2) is 0 Å². The first-order valence-electron chi connectivity index (χ1n) is 6.07. The Labute approximate surface area is 108 Å². The third kappa shape index (κ3) is 4.28. The van der Waals surface area contributed by atoms with Gasteiger partial charge in [-0.15, -0.1) is 0 Å². The van der Waals surface area contributed by atoms with Crippen LogP contribution in [0.1, 0.15) is 31.7 Å². The summed E-state index contributed by atoms with van der Waals surface area (Å²) in [7, 11) is 3.18. The van der Waals surface area contributed by atoms with E-state index in [-0.39, 0.29) is 12.6 Å². The number of methoxy groups -OCH3 is 2. The van der Waals surface area contributed by atoms with Gasteiger partial charge >= 0.3 is 5.97 Å². The lowest BCUT2D eigenvalue weighted by atomic mass is 10.2. The normalized spacial score (nSPS) is 9.94. The highest BCUT2D eigenvalue weighted by Crippen LogP contribution is 2.24. The minimum atomic E-state index is -0.179. The van der Waals surface area contributed by atoms with Gasteiger partial charge in [0, 0.05) is 12.0 Å². The van der Waals surface area contributed by atoms with E-state index in [9.17, 15) is 4.79 Å². The van der Waals surface area contributed by atoms with Crippen molar-refractivity contribution in [3.05, 3.63) is 23.8 Å². The molecule has 18 heavy (non-hydrogen) atoms. The highest BCUT2D eigenvalue weighted by molar-refractivity contribution is 5.69. The van der Waals surface area contributed by atoms with Crippen LogP contribution in [0.25, 0.3) is 0 Å². The molecule has 0 atom stereocenters. The van der Waals surface area contributed by atoms with Gasteiger partial charge in [-0.3, -0.25) is 4.79 Å². The monoisotopic (exact) mass is 252 g/mol. The fourth-order valence-electron chi connectivity index (χ4n) is 1.55. The Morgan fingerprint density at radius 3 is 2.61 bits per heavy atom. The number of carbonyl (C=O) groups is 1. The second-order valence-corrected chi connectivity index (χ2v) is 3.94. The van der Waals surface area contributed by atoms with Crippen LogP contribution in [0, 0.1) is 0 Å². The number of esters is 1. The summed E-state index contributed by atoms with van der Waals surface area (Å²) in [5.74, 6) is 1.23. The van der Waals surface area contributed by atoms with Gasteiger partial charge in [0.2, 0.25) is 0 Å². The van der Waals surface area contributed by atoms with Gasteiger partial charge in [0.25, 0.3) is 0 Å². The third-order valence-electron chi connectivity index (χ3n) is 2.61. The molecule has 0 bridgehead atoms. The van der Waals surface area contributed by atoms with Crippen molar-refractivity contribution in [1.82, 2.24) is 0 Å². The van der Waals surface area contributed by atoms with E-state index >= 15 is 0 Å². The molecule has 4 heteroatoms. The number of rotatable bonds is 7. The largest absolute Gasteiger partial charge is 0.497 e. The first kappa shape index (κ1) is 14.4. The maximum atomic E-state index is 11.4. The number of hydrogen-bond donors (Lipinski definition) is 0. The van der Waals surface area contributed by atoms with Gasteiger partial charge in [-0.1, -0.05) is 13.3 Å². The molecule has 0 amide bonds. The van der Waals surface area contributed by atoms with Gasteiger partial charge in [-0.2, -0.15) is 0 Å². The van der Waals surface area contributed by atoms with E-state index < -0.39 is 0 Å². The average molecular weight is 252 g/mol. The molecule has 0 spiro atoms. The average Bonchev–Trinajstić information content (AvgIpc) is 2.42. The summed E-state index contributed by atoms with van der Waals surface area (Å²) >= 11 is 0. The molecule has 0 saturated heterocycles. The summed E-state index contributed by atoms with van der Waals surface area (Å²) in [5.41, 5.74) is 0.807. The Hall–Kier alpha value is -1.71. The molecule has 0 unspecified atom stereocenters. The lowest BCUT2D eigenvalue weighted by molar-refractivity contribution is -0.145. The first-order valence-corrected chi connectivity index (χ1v) is 6.07. The Morgan fingerprint density at radius 2 is 2.00 bits per heavy atom. The van der Waals surface area contributed by atoms with Gasteiger partial charge in [0.1, 0.15) is 18.1 Å². The topological polar surface area (TPSA) is 44.8 Å². The predicted octanol–water partition coefficient (Wildman–Crippen LogP) is 2.94. The minimum absolute atomic E-state index is 0.179. The number of carbonyl (C=O) groups excluding carboxylic acids is 1. The first-order chi connectivity index (χ1) is 8.71. The molecule has 0 heterocycles. The van der Waals surface area contributed by atoms with Crippen LogP contribution in [-0.4, -0.2) is 20.2 Å². The molecular weight excluding hydrogens is 232 g/mol. The number of unbranched alkanes of at least 4 members (excludes halogenated alkanes) is 1. The summed E-state index contributed by atoms with van der Waals surface area (Å²) < 4.78 is 15.5. The van der Waals surface area contributed by atoms with E-state index in [1.165, 1.54) is 0 Å². The van der Waals surface area contributed by atoms with Crippen LogP contribution in [0.3, 0.4) is 0 Å². The minimum Gasteiger partial charge on any atom is -0.497 e. The summed E-state index contributed by atoms with van der Waals surface area (Å²) in [4.78, 5) is 11.4. The predicted molar refractivity (Wildman–Crippen MR) is 68.9 cm³/mol. The second kappa shape index (κ2) is 7.58. The van der Waals surface area contributed by atoms with Crippen LogP contribution in [-0.2, 0) is 16.1 Å². The van der Waals surface area contributed by atoms with Crippen LogP contribution >= 0.6 is 0 Å². The van der Waals surface area contributed by atoms with E-state index in [1.54, 1.807) is 26.4 Å². The smallest absolute Gasteiger partial charge is 0.306 e. The van der Waals surface area contributed by atoms with Crippen molar-refractivity contribution in [3.8, 4) is 11.5 Å². The zero-order chi connectivity index (χ0) is 13.4. The molecule has 1 aromatic carbocycles. The van der Waals surface area contributed by atoms with Crippen LogP contribution in [0.15, 0.2) is 18.2 Å². The molecule has 4 nitrogen and oxygen atoms in total. The van der Waals surface area contributed by atoms with E-state index in [4.69, 9.17) is 14.2 Å². The molecule has 0 saturated carbocycles. The molecule has 1 rings (SSSR count). The van der Waals surface area contributed by atoms with Crippen molar-refractivity contribution in [2.45, 2.75) is 32.8 Å². The van der Waals surface area contributed by atoms with Gasteiger partial charge in [0.15, 0.2) is 0 Å². The molecule has 0 aliphatic carbocycles. The van der Waals surface area contributed by atoms with E-state index in [2.05, 4.69) is 0 Å². The van der Waals surface area contributed by atoms with E-state index in [0.717, 1.165) is 24.2 Å². The number of hydrogen-bond acceptors (Lipinski definition) is 4. The molecule has 0 N–H and O–H groups in total. The van der Waals surface area contributed by atoms with Crippen molar-refractivity contribution in [3.63, 3.8) is 0 Å². The summed E-state index contributed by atoms with van der Waals surface area (Å²) in [6.07, 6.45) is 2.30. The summed E-state index contributed by atoms with van der Waals surface area (Å²) in [6, 6.07) is 5.42. The van der Waals surface area contributed by atoms with Crippen LogP contribution in [0.2, 0.25) is 0 Å². The number of benzene rings is 1. The molecule has 0 radical (unpaired) electrons. The quantitative estimate of drug-likeness (QED) is 0.700. The van der Waals surface area contributed by atoms with Crippen molar-refractivity contribution >= 4 is 5.97 Å². The molecule has 0 fully saturated rings. The Kier molecular flexibility index (Phi) is 6.05. The van der Waals surface area contributed by atoms with Crippen molar-refractivity contribution in [2.75, 3.05) is 14.2 Å². The van der Waals surface area contributed by atoms with Gasteiger partial charge in [0.05, 0.1) is 14.2 Å². The molecule has 0 aromatic heterocycles. The molecular formula is C14H20O4. The van der Waals surface area contributed by atoms with Crippen molar-refractivity contribution < 1.29 is 19.0 Å². The van der Waals surface area contributed by atoms with Crippen molar-refractivity contribution in [1.29, 1.82) is 0 Å². The van der Waals surface area contributed by atoms with Gasteiger partial charge in [-0.05, 0) is 24.6 Å². The fraction of sp³-hybridized carbons (Fsp3) is 0.500. The van der Waals surface area contributed by atoms with Crippen molar-refractivity contribution in [2.24, 2.45) is 0 Å².